The molecule has 2 rings (SSSR count). The Kier molecular flexibility index (Phi) is 5.83. The molecule has 1 aliphatic heterocycles. The molecule has 6 nitrogen and oxygen atoms in total. The van der Waals surface area contributed by atoms with Gasteiger partial charge in [0.05, 0.1) is 18.8 Å². The van der Waals surface area contributed by atoms with Crippen LogP contribution in [0.2, 0.25) is 0 Å². The lowest BCUT2D eigenvalue weighted by atomic mass is 10.1. The van der Waals surface area contributed by atoms with E-state index in [1.54, 1.807) is 6.92 Å². The molecular formula is C15H20O6. The highest BCUT2D eigenvalue weighted by atomic mass is 16.7. The number of para-hydroxylation sites is 1. The second-order valence-electron chi connectivity index (χ2n) is 4.74. The second-order valence-corrected chi connectivity index (χ2v) is 4.74. The fourth-order valence-electron chi connectivity index (χ4n) is 2.10. The minimum Gasteiger partial charge on any atom is -0.465 e. The first-order valence-corrected chi connectivity index (χ1v) is 7.02. The fourth-order valence-corrected chi connectivity index (χ4v) is 2.10. The lowest BCUT2D eigenvalue weighted by Crippen LogP contribution is -2.41. The number of hydrogen-bond donors (Lipinski definition) is 1. The Morgan fingerprint density at radius 1 is 1.29 bits per heavy atom. The molecule has 0 saturated carbocycles. The highest BCUT2D eigenvalue weighted by Crippen LogP contribution is 2.23. The fraction of sp³-hybridized carbons (Fsp3) is 0.533. The molecule has 116 valence electrons. The van der Waals surface area contributed by atoms with E-state index in [0.717, 1.165) is 0 Å². The van der Waals surface area contributed by atoms with Gasteiger partial charge in [0.25, 0.3) is 0 Å². The van der Waals surface area contributed by atoms with E-state index in [1.165, 1.54) is 0 Å². The molecule has 1 fully saturated rings. The van der Waals surface area contributed by atoms with Crippen molar-refractivity contribution < 1.29 is 28.8 Å². The van der Waals surface area contributed by atoms with E-state index in [9.17, 15) is 9.90 Å². The highest BCUT2D eigenvalue weighted by molar-refractivity contribution is 5.59. The Hall–Kier alpha value is -1.79. The third kappa shape index (κ3) is 5.24. The molecule has 21 heavy (non-hydrogen) atoms. The Morgan fingerprint density at radius 3 is 2.76 bits per heavy atom. The summed E-state index contributed by atoms with van der Waals surface area (Å²) in [6, 6.07) is 9.23. The summed E-state index contributed by atoms with van der Waals surface area (Å²) in [4.78, 5) is 11.1. The molecule has 0 bridgehead atoms. The van der Waals surface area contributed by atoms with Gasteiger partial charge in [0.1, 0.15) is 12.4 Å². The Morgan fingerprint density at radius 2 is 2.05 bits per heavy atom. The van der Waals surface area contributed by atoms with E-state index in [-0.39, 0.29) is 13.2 Å². The van der Waals surface area contributed by atoms with Crippen molar-refractivity contribution in [2.24, 2.45) is 0 Å². The van der Waals surface area contributed by atoms with Gasteiger partial charge in [-0.25, -0.2) is 4.79 Å². The molecule has 1 aromatic carbocycles. The molecule has 1 aliphatic rings. The largest absolute Gasteiger partial charge is 0.508 e. The first-order valence-electron chi connectivity index (χ1n) is 7.02. The van der Waals surface area contributed by atoms with Gasteiger partial charge in [-0.3, -0.25) is 0 Å². The summed E-state index contributed by atoms with van der Waals surface area (Å²) in [6.07, 6.45) is -1.48. The Bertz CT molecular complexity index is 435. The van der Waals surface area contributed by atoms with Gasteiger partial charge in [0.2, 0.25) is 6.29 Å². The van der Waals surface area contributed by atoms with Gasteiger partial charge in [-0.2, -0.15) is 0 Å². The van der Waals surface area contributed by atoms with E-state index in [4.69, 9.17) is 14.2 Å². The number of aliphatic hydroxyl groups excluding tert-OH is 1. The number of rotatable bonds is 5. The SMILES string of the molecule is CCOC(=O)OCC1CC(O)CC(Oc2ccccc2)O1. The van der Waals surface area contributed by atoms with Crippen molar-refractivity contribution >= 4 is 6.16 Å². The van der Waals surface area contributed by atoms with Gasteiger partial charge in [0, 0.05) is 12.8 Å². The third-order valence-corrected chi connectivity index (χ3v) is 3.00. The molecule has 0 aromatic heterocycles. The van der Waals surface area contributed by atoms with Gasteiger partial charge in [-0.15, -0.1) is 0 Å². The summed E-state index contributed by atoms with van der Waals surface area (Å²) in [7, 11) is 0. The molecule has 3 unspecified atom stereocenters. The molecule has 1 heterocycles. The van der Waals surface area contributed by atoms with Crippen LogP contribution in [0.5, 0.6) is 5.75 Å². The van der Waals surface area contributed by atoms with Crippen LogP contribution in [0.1, 0.15) is 19.8 Å². The van der Waals surface area contributed by atoms with Crippen LogP contribution < -0.4 is 4.74 Å². The van der Waals surface area contributed by atoms with E-state index >= 15 is 0 Å². The van der Waals surface area contributed by atoms with Gasteiger partial charge in [0.15, 0.2) is 0 Å². The summed E-state index contributed by atoms with van der Waals surface area (Å²) in [6.45, 7) is 1.99. The molecule has 0 radical (unpaired) electrons. The smallest absolute Gasteiger partial charge is 0.465 e. The first kappa shape index (κ1) is 15.6. The number of carbonyl (C=O) groups excluding carboxylic acids is 1. The van der Waals surface area contributed by atoms with Crippen LogP contribution in [0.25, 0.3) is 0 Å². The van der Waals surface area contributed by atoms with E-state index < -0.39 is 24.7 Å². The maximum Gasteiger partial charge on any atom is 0.508 e. The van der Waals surface area contributed by atoms with Crippen LogP contribution in [0, 0.1) is 0 Å². The van der Waals surface area contributed by atoms with Gasteiger partial charge in [-0.1, -0.05) is 18.2 Å². The van der Waals surface area contributed by atoms with Crippen molar-refractivity contribution in [1.82, 2.24) is 0 Å². The summed E-state index contributed by atoms with van der Waals surface area (Å²) in [5.74, 6) is 0.668. The molecule has 1 aromatic rings. The molecule has 0 amide bonds. The predicted molar refractivity (Wildman–Crippen MR) is 73.9 cm³/mol. The van der Waals surface area contributed by atoms with Gasteiger partial charge in [-0.05, 0) is 19.1 Å². The number of carbonyl (C=O) groups is 1. The molecule has 1 N–H and O–H groups in total. The van der Waals surface area contributed by atoms with Crippen molar-refractivity contribution in [2.75, 3.05) is 13.2 Å². The van der Waals surface area contributed by atoms with E-state index in [2.05, 4.69) is 4.74 Å². The van der Waals surface area contributed by atoms with Crippen LogP contribution in [-0.4, -0.2) is 43.0 Å². The van der Waals surface area contributed by atoms with Crippen molar-refractivity contribution in [3.8, 4) is 5.75 Å². The van der Waals surface area contributed by atoms with Crippen molar-refractivity contribution in [1.29, 1.82) is 0 Å². The number of aliphatic hydroxyl groups is 1. The second kappa shape index (κ2) is 7.85. The summed E-state index contributed by atoms with van der Waals surface area (Å²) in [5, 5.41) is 9.86. The zero-order chi connectivity index (χ0) is 15.1. The van der Waals surface area contributed by atoms with Crippen LogP contribution in [0.3, 0.4) is 0 Å². The van der Waals surface area contributed by atoms with E-state index in [1.807, 2.05) is 30.3 Å². The van der Waals surface area contributed by atoms with Crippen molar-refractivity contribution in [3.05, 3.63) is 30.3 Å². The average Bonchev–Trinajstić information content (AvgIpc) is 2.46. The minimum atomic E-state index is -0.735. The number of benzene rings is 1. The summed E-state index contributed by atoms with van der Waals surface area (Å²) < 4.78 is 20.9. The van der Waals surface area contributed by atoms with E-state index in [0.29, 0.717) is 18.6 Å². The zero-order valence-corrected chi connectivity index (χ0v) is 11.9. The highest BCUT2D eigenvalue weighted by Gasteiger charge is 2.30. The zero-order valence-electron chi connectivity index (χ0n) is 11.9. The molecule has 3 atom stereocenters. The van der Waals surface area contributed by atoms with Crippen LogP contribution in [0.15, 0.2) is 30.3 Å². The normalized spacial score (nSPS) is 25.1. The lowest BCUT2D eigenvalue weighted by molar-refractivity contribution is -0.186. The summed E-state index contributed by atoms with van der Waals surface area (Å²) in [5.41, 5.74) is 0. The Balaban J connectivity index is 1.83. The minimum absolute atomic E-state index is 0.0323. The van der Waals surface area contributed by atoms with Crippen LogP contribution in [-0.2, 0) is 14.2 Å². The molecular weight excluding hydrogens is 276 g/mol. The number of ether oxygens (including phenoxy) is 4. The standard InChI is InChI=1S/C15H20O6/c1-2-18-15(17)19-10-13-8-11(16)9-14(21-13)20-12-6-4-3-5-7-12/h3-7,11,13-14,16H,2,8-10H2,1H3. The van der Waals surface area contributed by atoms with Crippen LogP contribution in [0.4, 0.5) is 4.79 Å². The quantitative estimate of drug-likeness (QED) is 0.839. The van der Waals surface area contributed by atoms with Gasteiger partial charge >= 0.3 is 6.16 Å². The molecule has 1 saturated heterocycles. The van der Waals surface area contributed by atoms with Crippen LogP contribution >= 0.6 is 0 Å². The first-order chi connectivity index (χ1) is 10.2. The molecule has 0 spiro atoms. The molecule has 0 aliphatic carbocycles. The van der Waals surface area contributed by atoms with Crippen molar-refractivity contribution in [3.63, 3.8) is 0 Å². The molecule has 6 heteroatoms. The average molecular weight is 296 g/mol. The van der Waals surface area contributed by atoms with Gasteiger partial charge < -0.3 is 24.1 Å². The topological polar surface area (TPSA) is 74.2 Å². The third-order valence-electron chi connectivity index (χ3n) is 3.00. The number of hydrogen-bond acceptors (Lipinski definition) is 6. The Labute approximate surface area is 123 Å². The maximum absolute atomic E-state index is 11.1. The summed E-state index contributed by atoms with van der Waals surface area (Å²) >= 11 is 0. The maximum atomic E-state index is 11.1. The predicted octanol–water partition coefficient (Wildman–Crippen LogP) is 2.10. The lowest BCUT2D eigenvalue weighted by Gasteiger charge is -2.32. The van der Waals surface area contributed by atoms with Crippen molar-refractivity contribution in [2.45, 2.75) is 38.3 Å². The monoisotopic (exact) mass is 296 g/mol.